The molecule has 1 aromatic heterocycles. The number of benzene rings is 1. The Labute approximate surface area is 108 Å². The van der Waals surface area contributed by atoms with Crippen LogP contribution < -0.4 is 0 Å². The highest BCUT2D eigenvalue weighted by Crippen LogP contribution is 2.15. The van der Waals surface area contributed by atoms with Crippen LogP contribution in [0.1, 0.15) is 22.5 Å². The van der Waals surface area contributed by atoms with Gasteiger partial charge in [-0.1, -0.05) is 35.9 Å². The maximum atomic E-state index is 9.31. The van der Waals surface area contributed by atoms with Gasteiger partial charge in [0.1, 0.15) is 0 Å². The van der Waals surface area contributed by atoms with Gasteiger partial charge in [0.2, 0.25) is 0 Å². The van der Waals surface area contributed by atoms with Crippen LogP contribution in [0.25, 0.3) is 0 Å². The first kappa shape index (κ1) is 12.7. The summed E-state index contributed by atoms with van der Waals surface area (Å²) in [5.74, 6) is 0. The second-order valence-electron chi connectivity index (χ2n) is 4.54. The molecule has 0 unspecified atom stereocenters. The number of hydrogen-bond donors (Lipinski definition) is 1. The number of hydrogen-bond acceptors (Lipinski definition) is 1. The minimum Gasteiger partial charge on any atom is -0.390 e. The Morgan fingerprint density at radius 2 is 1.78 bits per heavy atom. The summed E-state index contributed by atoms with van der Waals surface area (Å²) in [6.45, 7) is 6.67. The minimum atomic E-state index is 0.0712. The largest absolute Gasteiger partial charge is 0.390 e. The van der Waals surface area contributed by atoms with Gasteiger partial charge in [-0.3, -0.25) is 0 Å². The Balaban J connectivity index is 2.25. The van der Waals surface area contributed by atoms with Crippen LogP contribution >= 0.6 is 0 Å². The van der Waals surface area contributed by atoms with E-state index in [0.717, 1.165) is 18.7 Å². The third-order valence-corrected chi connectivity index (χ3v) is 3.14. The summed E-state index contributed by atoms with van der Waals surface area (Å²) in [6, 6.07) is 12.6. The summed E-state index contributed by atoms with van der Waals surface area (Å²) in [5, 5.41) is 9.31. The normalized spacial score (nSPS) is 10.6. The molecule has 1 heterocycles. The molecular weight excluding hydrogens is 222 g/mol. The SMILES string of the molecule is C=CCn1c(CO)ccc1Cc1ccc(C)cc1. The van der Waals surface area contributed by atoms with Gasteiger partial charge in [-0.2, -0.15) is 0 Å². The summed E-state index contributed by atoms with van der Waals surface area (Å²) in [7, 11) is 0. The molecule has 0 fully saturated rings. The Kier molecular flexibility index (Phi) is 4.00. The number of aromatic nitrogens is 1. The van der Waals surface area contributed by atoms with E-state index in [1.807, 2.05) is 12.1 Å². The smallest absolute Gasteiger partial charge is 0.0833 e. The highest BCUT2D eigenvalue weighted by molar-refractivity contribution is 5.28. The number of allylic oxidation sites excluding steroid dienone is 1. The van der Waals surface area contributed by atoms with E-state index >= 15 is 0 Å². The van der Waals surface area contributed by atoms with Crippen LogP contribution in [0.15, 0.2) is 49.1 Å². The molecule has 94 valence electrons. The summed E-state index contributed by atoms with van der Waals surface area (Å²) >= 11 is 0. The van der Waals surface area contributed by atoms with Gasteiger partial charge in [-0.15, -0.1) is 6.58 Å². The third kappa shape index (κ3) is 2.71. The van der Waals surface area contributed by atoms with Crippen molar-refractivity contribution in [2.24, 2.45) is 0 Å². The van der Waals surface area contributed by atoms with Crippen molar-refractivity contribution < 1.29 is 5.11 Å². The van der Waals surface area contributed by atoms with Gasteiger partial charge >= 0.3 is 0 Å². The van der Waals surface area contributed by atoms with Crippen LogP contribution in [0.3, 0.4) is 0 Å². The van der Waals surface area contributed by atoms with E-state index in [9.17, 15) is 5.11 Å². The van der Waals surface area contributed by atoms with Gasteiger partial charge in [-0.25, -0.2) is 0 Å². The van der Waals surface area contributed by atoms with Crippen LogP contribution in [0.2, 0.25) is 0 Å². The van der Waals surface area contributed by atoms with Crippen molar-refractivity contribution in [3.8, 4) is 0 Å². The summed E-state index contributed by atoms with van der Waals surface area (Å²) in [6.07, 6.45) is 2.74. The summed E-state index contributed by atoms with van der Waals surface area (Å²) in [4.78, 5) is 0. The second-order valence-corrected chi connectivity index (χ2v) is 4.54. The molecule has 2 aromatic rings. The lowest BCUT2D eigenvalue weighted by molar-refractivity contribution is 0.271. The standard InChI is InChI=1S/C16H19NO/c1-3-10-17-15(8-9-16(17)12-18)11-14-6-4-13(2)5-7-14/h3-9,18H,1,10-12H2,2H3. The molecule has 0 saturated carbocycles. The number of nitrogens with zero attached hydrogens (tertiary/aromatic N) is 1. The van der Waals surface area contributed by atoms with Gasteiger partial charge in [0, 0.05) is 24.4 Å². The Bertz CT molecular complexity index is 523. The fourth-order valence-corrected chi connectivity index (χ4v) is 2.13. The van der Waals surface area contributed by atoms with Crippen LogP contribution in [-0.2, 0) is 19.6 Å². The molecule has 2 rings (SSSR count). The van der Waals surface area contributed by atoms with Crippen molar-refractivity contribution >= 4 is 0 Å². The van der Waals surface area contributed by atoms with E-state index in [1.165, 1.54) is 16.8 Å². The highest BCUT2D eigenvalue weighted by atomic mass is 16.3. The zero-order valence-electron chi connectivity index (χ0n) is 10.8. The summed E-state index contributed by atoms with van der Waals surface area (Å²) < 4.78 is 2.12. The molecule has 0 aliphatic carbocycles. The molecule has 1 N–H and O–H groups in total. The number of aliphatic hydroxyl groups is 1. The first-order valence-electron chi connectivity index (χ1n) is 6.19. The Morgan fingerprint density at radius 1 is 1.11 bits per heavy atom. The maximum absolute atomic E-state index is 9.31. The van der Waals surface area contributed by atoms with Gasteiger partial charge in [0.25, 0.3) is 0 Å². The predicted octanol–water partition coefficient (Wildman–Crippen LogP) is 3.07. The van der Waals surface area contributed by atoms with Crippen LogP contribution in [0.5, 0.6) is 0 Å². The zero-order chi connectivity index (χ0) is 13.0. The first-order valence-corrected chi connectivity index (χ1v) is 6.19. The number of aryl methyl sites for hydroxylation is 1. The van der Waals surface area contributed by atoms with Gasteiger partial charge < -0.3 is 9.67 Å². The molecule has 18 heavy (non-hydrogen) atoms. The maximum Gasteiger partial charge on any atom is 0.0833 e. The molecule has 0 radical (unpaired) electrons. The molecule has 0 aliphatic heterocycles. The molecular formula is C16H19NO. The first-order chi connectivity index (χ1) is 8.74. The lowest BCUT2D eigenvalue weighted by Gasteiger charge is -2.10. The van der Waals surface area contributed by atoms with Crippen LogP contribution in [0, 0.1) is 6.92 Å². The summed E-state index contributed by atoms with van der Waals surface area (Å²) in [5.41, 5.74) is 4.71. The van der Waals surface area contributed by atoms with E-state index < -0.39 is 0 Å². The lowest BCUT2D eigenvalue weighted by atomic mass is 10.1. The molecule has 0 bridgehead atoms. The molecule has 0 amide bonds. The Morgan fingerprint density at radius 3 is 2.39 bits per heavy atom. The van der Waals surface area contributed by atoms with Gasteiger partial charge in [0.05, 0.1) is 6.61 Å². The zero-order valence-corrected chi connectivity index (χ0v) is 10.8. The quantitative estimate of drug-likeness (QED) is 0.800. The minimum absolute atomic E-state index is 0.0712. The van der Waals surface area contributed by atoms with Crippen molar-refractivity contribution in [2.45, 2.75) is 26.5 Å². The molecule has 0 aliphatic rings. The van der Waals surface area contributed by atoms with E-state index in [1.54, 1.807) is 0 Å². The number of rotatable bonds is 5. The third-order valence-electron chi connectivity index (χ3n) is 3.14. The fourth-order valence-electron chi connectivity index (χ4n) is 2.13. The topological polar surface area (TPSA) is 25.2 Å². The second kappa shape index (κ2) is 5.69. The average Bonchev–Trinajstić information content (AvgIpc) is 2.75. The van der Waals surface area contributed by atoms with E-state index in [-0.39, 0.29) is 6.61 Å². The Hall–Kier alpha value is -1.80. The molecule has 2 nitrogen and oxygen atoms in total. The highest BCUT2D eigenvalue weighted by Gasteiger charge is 2.06. The average molecular weight is 241 g/mol. The van der Waals surface area contributed by atoms with Crippen molar-refractivity contribution in [3.63, 3.8) is 0 Å². The van der Waals surface area contributed by atoms with E-state index in [0.29, 0.717) is 0 Å². The molecule has 0 atom stereocenters. The van der Waals surface area contributed by atoms with Crippen molar-refractivity contribution in [2.75, 3.05) is 0 Å². The molecule has 0 saturated heterocycles. The molecule has 2 heteroatoms. The van der Waals surface area contributed by atoms with E-state index in [4.69, 9.17) is 0 Å². The van der Waals surface area contributed by atoms with Crippen molar-refractivity contribution in [1.82, 2.24) is 4.57 Å². The monoisotopic (exact) mass is 241 g/mol. The van der Waals surface area contributed by atoms with Crippen LogP contribution in [-0.4, -0.2) is 9.67 Å². The van der Waals surface area contributed by atoms with E-state index in [2.05, 4.69) is 48.4 Å². The van der Waals surface area contributed by atoms with Crippen LogP contribution in [0.4, 0.5) is 0 Å². The predicted molar refractivity (Wildman–Crippen MR) is 74.5 cm³/mol. The van der Waals surface area contributed by atoms with Crippen molar-refractivity contribution in [3.05, 3.63) is 71.6 Å². The molecule has 0 spiro atoms. The number of aliphatic hydroxyl groups excluding tert-OH is 1. The van der Waals surface area contributed by atoms with Crippen molar-refractivity contribution in [1.29, 1.82) is 0 Å². The fraction of sp³-hybridized carbons (Fsp3) is 0.250. The van der Waals surface area contributed by atoms with Gasteiger partial charge in [-0.05, 0) is 24.6 Å². The van der Waals surface area contributed by atoms with Gasteiger partial charge in [0.15, 0.2) is 0 Å². The molecule has 1 aromatic carbocycles. The lowest BCUT2D eigenvalue weighted by Crippen LogP contribution is -2.06.